The molecule has 13 heavy (non-hydrogen) atoms. The van der Waals surface area contributed by atoms with Gasteiger partial charge in [-0.3, -0.25) is 0 Å². The molecule has 1 atom stereocenters. The van der Waals surface area contributed by atoms with Crippen LogP contribution in [0, 0.1) is 11.3 Å². The van der Waals surface area contributed by atoms with Crippen molar-refractivity contribution in [1.29, 1.82) is 0 Å². The highest BCUT2D eigenvalue weighted by atomic mass is 14.6. The molecular formula is C13H18. The second-order valence-corrected chi connectivity index (χ2v) is 5.07. The minimum absolute atomic E-state index is 0.649. The van der Waals surface area contributed by atoms with Gasteiger partial charge in [-0.25, -0.2) is 0 Å². The summed E-state index contributed by atoms with van der Waals surface area (Å²) < 4.78 is 0. The van der Waals surface area contributed by atoms with Crippen LogP contribution in [0.15, 0.2) is 22.8 Å². The molecule has 3 rings (SSSR count). The van der Waals surface area contributed by atoms with E-state index in [1.165, 1.54) is 32.1 Å². The Morgan fingerprint density at radius 3 is 2.46 bits per heavy atom. The Balaban J connectivity index is 1.90. The second-order valence-electron chi connectivity index (χ2n) is 5.07. The van der Waals surface area contributed by atoms with Crippen LogP contribution in [0.25, 0.3) is 0 Å². The summed E-state index contributed by atoms with van der Waals surface area (Å²) in [5, 5.41) is 0. The highest BCUT2D eigenvalue weighted by Crippen LogP contribution is 2.69. The lowest BCUT2D eigenvalue weighted by molar-refractivity contribution is 0.340. The van der Waals surface area contributed by atoms with Crippen molar-refractivity contribution in [2.45, 2.75) is 46.0 Å². The molecule has 3 aliphatic rings. The van der Waals surface area contributed by atoms with E-state index in [2.05, 4.69) is 19.9 Å². The third-order valence-corrected chi connectivity index (χ3v) is 4.26. The first kappa shape index (κ1) is 7.84. The maximum atomic E-state index is 2.45. The molecule has 0 aromatic rings. The van der Waals surface area contributed by atoms with E-state index in [0.717, 1.165) is 5.92 Å². The smallest absolute Gasteiger partial charge is 0.0176 e. The van der Waals surface area contributed by atoms with Gasteiger partial charge in [-0.2, -0.15) is 0 Å². The first-order valence-corrected chi connectivity index (χ1v) is 5.70. The van der Waals surface area contributed by atoms with Crippen molar-refractivity contribution in [2.75, 3.05) is 0 Å². The molecule has 1 unspecified atom stereocenters. The van der Waals surface area contributed by atoms with Gasteiger partial charge in [0, 0.05) is 5.41 Å². The Hall–Kier alpha value is -0.520. The monoisotopic (exact) mass is 174 g/mol. The van der Waals surface area contributed by atoms with Gasteiger partial charge in [-0.15, -0.1) is 0 Å². The highest BCUT2D eigenvalue weighted by Gasteiger charge is 2.56. The third-order valence-electron chi connectivity index (χ3n) is 4.26. The Labute approximate surface area is 80.7 Å². The maximum Gasteiger partial charge on any atom is 0.0176 e. The zero-order chi connectivity index (χ0) is 9.05. The Morgan fingerprint density at radius 1 is 1.23 bits per heavy atom. The van der Waals surface area contributed by atoms with Crippen molar-refractivity contribution in [3.05, 3.63) is 22.8 Å². The van der Waals surface area contributed by atoms with Gasteiger partial charge in [-0.05, 0) is 36.8 Å². The van der Waals surface area contributed by atoms with E-state index >= 15 is 0 Å². The summed E-state index contributed by atoms with van der Waals surface area (Å²) >= 11 is 0. The summed E-state index contributed by atoms with van der Waals surface area (Å²) in [5.74, 6) is 0.771. The molecular weight excluding hydrogens is 156 g/mol. The highest BCUT2D eigenvalue weighted by molar-refractivity contribution is 5.66. The van der Waals surface area contributed by atoms with Crippen LogP contribution in [0.3, 0.4) is 0 Å². The van der Waals surface area contributed by atoms with Gasteiger partial charge >= 0.3 is 0 Å². The number of rotatable bonds is 0. The van der Waals surface area contributed by atoms with Crippen molar-refractivity contribution in [1.82, 2.24) is 0 Å². The quantitative estimate of drug-likeness (QED) is 0.523. The standard InChI is InChI=1S/C13H18/c1-9-8-10(2)12-11(9)13(12)6-4-3-5-7-13/h8-9H,3-7H2,1-2H3. The van der Waals surface area contributed by atoms with E-state index in [4.69, 9.17) is 0 Å². The molecule has 0 aromatic carbocycles. The van der Waals surface area contributed by atoms with Gasteiger partial charge in [0.25, 0.3) is 0 Å². The minimum Gasteiger partial charge on any atom is -0.0743 e. The predicted octanol–water partition coefficient (Wildman–Crippen LogP) is 3.84. The zero-order valence-corrected chi connectivity index (χ0v) is 8.69. The molecule has 0 heterocycles. The number of fused-ring (bicyclic) bond motifs is 2. The van der Waals surface area contributed by atoms with Crippen LogP contribution in [-0.2, 0) is 0 Å². The van der Waals surface area contributed by atoms with Gasteiger partial charge in [0.1, 0.15) is 0 Å². The van der Waals surface area contributed by atoms with Crippen molar-refractivity contribution >= 4 is 0 Å². The SMILES string of the molecule is CC1=CC(C)C2=C1C21CCCCC1. The number of hydrogen-bond acceptors (Lipinski definition) is 0. The molecule has 70 valence electrons. The summed E-state index contributed by atoms with van der Waals surface area (Å²) in [6, 6.07) is 0. The number of hydrogen-bond donors (Lipinski definition) is 0. The van der Waals surface area contributed by atoms with Gasteiger partial charge in [0.05, 0.1) is 0 Å². The zero-order valence-electron chi connectivity index (χ0n) is 8.69. The summed E-state index contributed by atoms with van der Waals surface area (Å²) in [7, 11) is 0. The summed E-state index contributed by atoms with van der Waals surface area (Å²) in [4.78, 5) is 0. The van der Waals surface area contributed by atoms with Crippen molar-refractivity contribution in [3.8, 4) is 0 Å². The fraction of sp³-hybridized carbons (Fsp3) is 0.692. The molecule has 0 bridgehead atoms. The molecule has 1 fully saturated rings. The molecule has 0 N–H and O–H groups in total. The second kappa shape index (κ2) is 2.29. The average molecular weight is 174 g/mol. The molecule has 1 spiro atoms. The fourth-order valence-electron chi connectivity index (χ4n) is 3.85. The Kier molecular flexibility index (Phi) is 1.38. The van der Waals surface area contributed by atoms with Crippen LogP contribution < -0.4 is 0 Å². The van der Waals surface area contributed by atoms with Crippen LogP contribution in [0.5, 0.6) is 0 Å². The Morgan fingerprint density at radius 2 is 1.92 bits per heavy atom. The summed E-state index contributed by atoms with van der Waals surface area (Å²) in [5.41, 5.74) is 5.85. The number of allylic oxidation sites excluding steroid dienone is 4. The van der Waals surface area contributed by atoms with Gasteiger partial charge < -0.3 is 0 Å². The lowest BCUT2D eigenvalue weighted by atomic mass is 9.75. The topological polar surface area (TPSA) is 0 Å². The van der Waals surface area contributed by atoms with Crippen molar-refractivity contribution < 1.29 is 0 Å². The van der Waals surface area contributed by atoms with Crippen molar-refractivity contribution in [3.63, 3.8) is 0 Å². The van der Waals surface area contributed by atoms with E-state index in [1.54, 1.807) is 11.1 Å². The summed E-state index contributed by atoms with van der Waals surface area (Å²) in [6.45, 7) is 4.68. The molecule has 0 aromatic heterocycles. The first-order valence-electron chi connectivity index (χ1n) is 5.70. The molecule has 0 aliphatic heterocycles. The fourth-order valence-corrected chi connectivity index (χ4v) is 3.85. The predicted molar refractivity (Wildman–Crippen MR) is 55.5 cm³/mol. The van der Waals surface area contributed by atoms with E-state index in [0.29, 0.717) is 5.41 Å². The molecule has 0 amide bonds. The van der Waals surface area contributed by atoms with Crippen LogP contribution in [-0.4, -0.2) is 0 Å². The maximum absolute atomic E-state index is 2.45. The van der Waals surface area contributed by atoms with E-state index in [9.17, 15) is 0 Å². The molecule has 0 nitrogen and oxygen atoms in total. The molecule has 0 heteroatoms. The molecule has 0 radical (unpaired) electrons. The molecule has 0 saturated heterocycles. The minimum atomic E-state index is 0.649. The van der Waals surface area contributed by atoms with Crippen molar-refractivity contribution in [2.24, 2.45) is 11.3 Å². The third kappa shape index (κ3) is 0.820. The van der Waals surface area contributed by atoms with Crippen LogP contribution in [0.4, 0.5) is 0 Å². The summed E-state index contributed by atoms with van der Waals surface area (Å²) in [6.07, 6.45) is 9.78. The lowest BCUT2D eigenvalue weighted by Gasteiger charge is -2.28. The van der Waals surface area contributed by atoms with E-state index in [1.807, 2.05) is 5.57 Å². The molecule has 3 aliphatic carbocycles. The normalized spacial score (nSPS) is 34.9. The van der Waals surface area contributed by atoms with Gasteiger partial charge in [-0.1, -0.05) is 37.8 Å². The van der Waals surface area contributed by atoms with Gasteiger partial charge in [0.2, 0.25) is 0 Å². The van der Waals surface area contributed by atoms with Crippen LogP contribution in [0.2, 0.25) is 0 Å². The van der Waals surface area contributed by atoms with Crippen LogP contribution >= 0.6 is 0 Å². The van der Waals surface area contributed by atoms with E-state index < -0.39 is 0 Å². The van der Waals surface area contributed by atoms with Gasteiger partial charge in [0.15, 0.2) is 0 Å². The Bertz CT molecular complexity index is 311. The first-order chi connectivity index (χ1) is 6.26. The van der Waals surface area contributed by atoms with E-state index in [-0.39, 0.29) is 0 Å². The largest absolute Gasteiger partial charge is 0.0743 e. The van der Waals surface area contributed by atoms with Crippen LogP contribution in [0.1, 0.15) is 46.0 Å². The molecule has 1 saturated carbocycles. The average Bonchev–Trinajstić information content (AvgIpc) is 2.62. The lowest BCUT2D eigenvalue weighted by Crippen LogP contribution is -2.16.